The van der Waals surface area contributed by atoms with Crippen LogP contribution in [0.5, 0.6) is 0 Å². The zero-order chi connectivity index (χ0) is 13.1. The lowest BCUT2D eigenvalue weighted by atomic mass is 9.86. The Morgan fingerprint density at radius 2 is 2.06 bits per heavy atom. The summed E-state index contributed by atoms with van der Waals surface area (Å²) in [6.07, 6.45) is 3.87. The fourth-order valence-electron chi connectivity index (χ4n) is 1.81. The molecule has 0 aliphatic carbocycles. The highest BCUT2D eigenvalue weighted by atomic mass is 32.2. The first kappa shape index (κ1) is 14.6. The second-order valence-corrected chi connectivity index (χ2v) is 6.79. The number of thioether (sulfide) groups is 1. The van der Waals surface area contributed by atoms with Gasteiger partial charge in [0.1, 0.15) is 0 Å². The average molecular weight is 257 g/mol. The van der Waals surface area contributed by atoms with Crippen LogP contribution in [-0.2, 0) is 9.59 Å². The highest BCUT2D eigenvalue weighted by Crippen LogP contribution is 2.29. The Kier molecular flexibility index (Phi) is 5.04. The van der Waals surface area contributed by atoms with Crippen LogP contribution in [0, 0.1) is 5.41 Å². The molecule has 0 saturated carbocycles. The second kappa shape index (κ2) is 5.89. The smallest absolute Gasteiger partial charge is 0.242 e. The molecule has 1 fully saturated rings. The van der Waals surface area contributed by atoms with Gasteiger partial charge in [-0.05, 0) is 24.0 Å². The van der Waals surface area contributed by atoms with Gasteiger partial charge in [0, 0.05) is 13.5 Å². The van der Waals surface area contributed by atoms with Gasteiger partial charge in [0.05, 0.1) is 5.25 Å². The third kappa shape index (κ3) is 4.02. The third-order valence-electron chi connectivity index (χ3n) is 3.61. The molecule has 0 radical (unpaired) electrons. The van der Waals surface area contributed by atoms with E-state index in [1.165, 1.54) is 17.7 Å². The number of carbonyl (C=O) groups is 2. The predicted octanol–water partition coefficient (Wildman–Crippen LogP) is 2.69. The summed E-state index contributed by atoms with van der Waals surface area (Å²) in [4.78, 5) is 24.2. The minimum absolute atomic E-state index is 0.0187. The van der Waals surface area contributed by atoms with E-state index in [9.17, 15) is 9.59 Å². The van der Waals surface area contributed by atoms with Crippen LogP contribution in [-0.4, -0.2) is 34.8 Å². The van der Waals surface area contributed by atoms with Gasteiger partial charge in [0.25, 0.3) is 0 Å². The third-order valence-corrected chi connectivity index (χ3v) is 4.91. The molecule has 0 bridgehead atoms. The molecule has 0 spiro atoms. The van der Waals surface area contributed by atoms with E-state index >= 15 is 0 Å². The van der Waals surface area contributed by atoms with Gasteiger partial charge in [0.2, 0.25) is 11.8 Å². The van der Waals surface area contributed by atoms with Crippen LogP contribution in [0.3, 0.4) is 0 Å². The first-order valence-electron chi connectivity index (χ1n) is 6.29. The number of amides is 2. The lowest BCUT2D eigenvalue weighted by Gasteiger charge is -2.22. The molecule has 0 aromatic rings. The van der Waals surface area contributed by atoms with Crippen molar-refractivity contribution in [1.82, 2.24) is 4.90 Å². The predicted molar refractivity (Wildman–Crippen MR) is 71.9 cm³/mol. The van der Waals surface area contributed by atoms with E-state index in [-0.39, 0.29) is 17.1 Å². The number of hydrogen-bond acceptors (Lipinski definition) is 3. The Morgan fingerprint density at radius 3 is 2.53 bits per heavy atom. The molecule has 0 aromatic carbocycles. The van der Waals surface area contributed by atoms with Crippen molar-refractivity contribution >= 4 is 23.6 Å². The lowest BCUT2D eigenvalue weighted by Crippen LogP contribution is -2.26. The van der Waals surface area contributed by atoms with Crippen molar-refractivity contribution in [3.05, 3.63) is 0 Å². The van der Waals surface area contributed by atoms with Crippen LogP contribution in [0.15, 0.2) is 0 Å². The molecule has 1 rings (SSSR count). The van der Waals surface area contributed by atoms with Gasteiger partial charge in [-0.2, -0.15) is 0 Å². The van der Waals surface area contributed by atoms with Crippen LogP contribution < -0.4 is 0 Å². The Morgan fingerprint density at radius 1 is 1.41 bits per heavy atom. The van der Waals surface area contributed by atoms with Gasteiger partial charge in [-0.3, -0.25) is 14.5 Å². The van der Waals surface area contributed by atoms with E-state index in [2.05, 4.69) is 20.8 Å². The topological polar surface area (TPSA) is 37.4 Å². The van der Waals surface area contributed by atoms with Crippen LogP contribution in [0.1, 0.15) is 46.5 Å². The number of likely N-dealkylation sites (tertiary alicyclic amines) is 1. The number of nitrogens with zero attached hydrogens (tertiary/aromatic N) is 1. The fourth-order valence-corrected chi connectivity index (χ4v) is 2.96. The van der Waals surface area contributed by atoms with Gasteiger partial charge in [-0.25, -0.2) is 0 Å². The van der Waals surface area contributed by atoms with Crippen molar-refractivity contribution in [2.45, 2.75) is 51.7 Å². The molecular weight excluding hydrogens is 234 g/mol. The minimum Gasteiger partial charge on any atom is -0.285 e. The number of imide groups is 1. The highest BCUT2D eigenvalue weighted by molar-refractivity contribution is 8.00. The van der Waals surface area contributed by atoms with E-state index in [4.69, 9.17) is 0 Å². The normalized spacial score (nSPS) is 21.4. The average Bonchev–Trinajstić information content (AvgIpc) is 2.52. The second-order valence-electron chi connectivity index (χ2n) is 5.48. The standard InChI is InChI=1S/C13H23NO2S/c1-5-13(2,3)7-6-8-17-10-9-11(15)14(4)12(10)16/h10H,5-9H2,1-4H3. The number of hydrogen-bond donors (Lipinski definition) is 0. The summed E-state index contributed by atoms with van der Waals surface area (Å²) in [5.41, 5.74) is 0.396. The summed E-state index contributed by atoms with van der Waals surface area (Å²) in [5.74, 6) is 0.914. The van der Waals surface area contributed by atoms with E-state index in [0.29, 0.717) is 11.8 Å². The first-order chi connectivity index (χ1) is 7.87. The molecule has 1 unspecified atom stereocenters. The van der Waals surface area contributed by atoms with Crippen molar-refractivity contribution in [3.8, 4) is 0 Å². The summed E-state index contributed by atoms with van der Waals surface area (Å²) in [6, 6.07) is 0. The van der Waals surface area contributed by atoms with Gasteiger partial charge < -0.3 is 0 Å². The monoisotopic (exact) mass is 257 g/mol. The molecular formula is C13H23NO2S. The highest BCUT2D eigenvalue weighted by Gasteiger charge is 2.35. The summed E-state index contributed by atoms with van der Waals surface area (Å²) in [7, 11) is 1.57. The van der Waals surface area contributed by atoms with Gasteiger partial charge >= 0.3 is 0 Å². The van der Waals surface area contributed by atoms with Crippen molar-refractivity contribution in [2.75, 3.05) is 12.8 Å². The molecule has 4 heteroatoms. The van der Waals surface area contributed by atoms with Crippen molar-refractivity contribution in [3.63, 3.8) is 0 Å². The van der Waals surface area contributed by atoms with E-state index < -0.39 is 0 Å². The summed E-state index contributed by atoms with van der Waals surface area (Å²) >= 11 is 1.64. The van der Waals surface area contributed by atoms with E-state index in [1.807, 2.05) is 0 Å². The van der Waals surface area contributed by atoms with Crippen molar-refractivity contribution in [1.29, 1.82) is 0 Å². The number of carbonyl (C=O) groups excluding carboxylic acids is 2. The molecule has 2 amide bonds. The first-order valence-corrected chi connectivity index (χ1v) is 7.34. The summed E-state index contributed by atoms with van der Waals surface area (Å²) < 4.78 is 0. The molecule has 98 valence electrons. The van der Waals surface area contributed by atoms with Gasteiger partial charge in [-0.1, -0.05) is 27.2 Å². The molecule has 1 aliphatic heterocycles. The van der Waals surface area contributed by atoms with Crippen LogP contribution in [0.4, 0.5) is 0 Å². The van der Waals surface area contributed by atoms with Crippen LogP contribution in [0.2, 0.25) is 0 Å². The molecule has 1 heterocycles. The SMILES string of the molecule is CCC(C)(C)CCCSC1CC(=O)N(C)C1=O. The largest absolute Gasteiger partial charge is 0.285 e. The fraction of sp³-hybridized carbons (Fsp3) is 0.846. The van der Waals surface area contributed by atoms with Crippen LogP contribution in [0.25, 0.3) is 0 Å². The minimum atomic E-state index is -0.128. The van der Waals surface area contributed by atoms with Gasteiger partial charge in [0.15, 0.2) is 0 Å². The van der Waals surface area contributed by atoms with Crippen molar-refractivity contribution < 1.29 is 9.59 Å². The molecule has 1 saturated heterocycles. The molecule has 0 N–H and O–H groups in total. The maximum absolute atomic E-state index is 11.6. The summed E-state index contributed by atoms with van der Waals surface area (Å²) in [5, 5.41) is -0.128. The molecule has 3 nitrogen and oxygen atoms in total. The Hall–Kier alpha value is -0.510. The Bertz CT molecular complexity index is 302. The summed E-state index contributed by atoms with van der Waals surface area (Å²) in [6.45, 7) is 6.76. The Labute approximate surface area is 108 Å². The Balaban J connectivity index is 2.24. The number of rotatable bonds is 6. The van der Waals surface area contributed by atoms with Crippen molar-refractivity contribution in [2.24, 2.45) is 5.41 Å². The quantitative estimate of drug-likeness (QED) is 0.542. The molecule has 0 aromatic heterocycles. The van der Waals surface area contributed by atoms with E-state index in [0.717, 1.165) is 12.2 Å². The molecule has 17 heavy (non-hydrogen) atoms. The maximum Gasteiger partial charge on any atom is 0.242 e. The lowest BCUT2D eigenvalue weighted by molar-refractivity contribution is -0.136. The molecule has 1 aliphatic rings. The molecule has 1 atom stereocenters. The zero-order valence-corrected chi connectivity index (χ0v) is 12.1. The van der Waals surface area contributed by atoms with E-state index in [1.54, 1.807) is 18.8 Å². The maximum atomic E-state index is 11.6. The van der Waals surface area contributed by atoms with Gasteiger partial charge in [-0.15, -0.1) is 11.8 Å². The van der Waals surface area contributed by atoms with Crippen LogP contribution >= 0.6 is 11.8 Å². The zero-order valence-electron chi connectivity index (χ0n) is 11.3.